The molecule has 0 radical (unpaired) electrons. The van der Waals surface area contributed by atoms with Gasteiger partial charge in [-0.2, -0.15) is 0 Å². The first-order valence-corrected chi connectivity index (χ1v) is 6.98. The minimum absolute atomic E-state index is 0.124. The van der Waals surface area contributed by atoms with E-state index in [-0.39, 0.29) is 18.8 Å². The van der Waals surface area contributed by atoms with Crippen molar-refractivity contribution in [1.29, 1.82) is 0 Å². The van der Waals surface area contributed by atoms with Crippen LogP contribution in [0.25, 0.3) is 0 Å². The summed E-state index contributed by atoms with van der Waals surface area (Å²) in [6.07, 6.45) is 4.91. The van der Waals surface area contributed by atoms with Gasteiger partial charge < -0.3 is 9.84 Å². The van der Waals surface area contributed by atoms with Gasteiger partial charge in [-0.3, -0.25) is 10.1 Å². The molecule has 0 bridgehead atoms. The molecule has 0 amide bonds. The summed E-state index contributed by atoms with van der Waals surface area (Å²) in [7, 11) is 0. The summed E-state index contributed by atoms with van der Waals surface area (Å²) in [5.41, 5.74) is -0.995. The van der Waals surface area contributed by atoms with Crippen LogP contribution in [0.1, 0.15) is 53.4 Å². The Kier molecular flexibility index (Phi) is 5.60. The largest absolute Gasteiger partial charge is 0.480 e. The van der Waals surface area contributed by atoms with E-state index < -0.39 is 11.5 Å². The van der Waals surface area contributed by atoms with Crippen LogP contribution in [0.4, 0.5) is 0 Å². The number of ether oxygens (including phenoxy) is 1. The molecule has 0 spiro atoms. The van der Waals surface area contributed by atoms with Gasteiger partial charge in [0.15, 0.2) is 0 Å². The molecule has 0 saturated heterocycles. The molecule has 0 heterocycles. The Morgan fingerprint density at radius 3 is 2.56 bits per heavy atom. The molecule has 1 aliphatic carbocycles. The van der Waals surface area contributed by atoms with Crippen LogP contribution in [0, 0.1) is 5.92 Å². The minimum atomic E-state index is -0.995. The second kappa shape index (κ2) is 6.53. The zero-order valence-corrected chi connectivity index (χ0v) is 12.0. The van der Waals surface area contributed by atoms with E-state index in [1.807, 2.05) is 13.8 Å². The summed E-state index contributed by atoms with van der Waals surface area (Å²) in [4.78, 5) is 11.4. The predicted molar refractivity (Wildman–Crippen MR) is 71.7 cm³/mol. The summed E-state index contributed by atoms with van der Waals surface area (Å²) in [5.74, 6) is -0.310. The molecule has 18 heavy (non-hydrogen) atoms. The highest BCUT2D eigenvalue weighted by Gasteiger charge is 2.35. The first-order chi connectivity index (χ1) is 8.35. The van der Waals surface area contributed by atoms with Gasteiger partial charge >= 0.3 is 5.97 Å². The van der Waals surface area contributed by atoms with Crippen LogP contribution in [0.5, 0.6) is 0 Å². The highest BCUT2D eigenvalue weighted by molar-refractivity contribution is 5.78. The third-order valence-corrected chi connectivity index (χ3v) is 3.70. The van der Waals surface area contributed by atoms with Gasteiger partial charge in [-0.05, 0) is 39.5 Å². The van der Waals surface area contributed by atoms with Gasteiger partial charge in [0.25, 0.3) is 0 Å². The quantitative estimate of drug-likeness (QED) is 0.767. The lowest BCUT2D eigenvalue weighted by molar-refractivity contribution is -0.149. The highest BCUT2D eigenvalue weighted by atomic mass is 16.5. The number of rotatable bonds is 6. The molecular weight excluding hydrogens is 230 g/mol. The average Bonchev–Trinajstić information content (AvgIpc) is 2.27. The summed E-state index contributed by atoms with van der Waals surface area (Å²) < 4.78 is 5.88. The Morgan fingerprint density at radius 1 is 1.44 bits per heavy atom. The molecule has 4 heteroatoms. The number of carbonyl (C=O) groups is 1. The number of carboxylic acid groups (broad SMARTS) is 1. The van der Waals surface area contributed by atoms with Crippen LogP contribution in [-0.4, -0.2) is 35.4 Å². The normalized spacial score (nSPS) is 28.1. The van der Waals surface area contributed by atoms with E-state index in [2.05, 4.69) is 12.2 Å². The van der Waals surface area contributed by atoms with Crippen molar-refractivity contribution < 1.29 is 14.6 Å². The maximum Gasteiger partial charge on any atom is 0.326 e. The average molecular weight is 257 g/mol. The van der Waals surface area contributed by atoms with Crippen LogP contribution in [0.15, 0.2) is 0 Å². The fraction of sp³-hybridized carbons (Fsp3) is 0.929. The van der Waals surface area contributed by atoms with E-state index in [0.29, 0.717) is 5.92 Å². The molecule has 1 saturated carbocycles. The topological polar surface area (TPSA) is 58.6 Å². The first-order valence-electron chi connectivity index (χ1n) is 6.98. The molecule has 1 aliphatic rings. The molecule has 106 valence electrons. The lowest BCUT2D eigenvalue weighted by Crippen LogP contribution is -2.56. The van der Waals surface area contributed by atoms with Gasteiger partial charge in [0, 0.05) is 6.04 Å². The monoisotopic (exact) mass is 257 g/mol. The molecule has 2 N–H and O–H groups in total. The summed E-state index contributed by atoms with van der Waals surface area (Å²) >= 11 is 0. The predicted octanol–water partition coefficient (Wildman–Crippen LogP) is 2.42. The van der Waals surface area contributed by atoms with E-state index in [1.165, 1.54) is 19.3 Å². The lowest BCUT2D eigenvalue weighted by atomic mass is 9.88. The molecule has 4 nitrogen and oxygen atoms in total. The molecule has 0 aromatic heterocycles. The van der Waals surface area contributed by atoms with Crippen LogP contribution in [0.3, 0.4) is 0 Å². The Bertz CT molecular complexity index is 280. The van der Waals surface area contributed by atoms with Gasteiger partial charge in [0.2, 0.25) is 0 Å². The van der Waals surface area contributed by atoms with Crippen molar-refractivity contribution in [3.63, 3.8) is 0 Å². The van der Waals surface area contributed by atoms with Crippen molar-refractivity contribution >= 4 is 5.97 Å². The number of aliphatic carboxylic acids is 1. The van der Waals surface area contributed by atoms with E-state index in [9.17, 15) is 9.90 Å². The fourth-order valence-electron chi connectivity index (χ4n) is 2.61. The second-order valence-corrected chi connectivity index (χ2v) is 6.05. The molecular formula is C14H27NO3. The van der Waals surface area contributed by atoms with Crippen molar-refractivity contribution in [2.75, 3.05) is 6.61 Å². The molecule has 0 aliphatic heterocycles. The fourth-order valence-corrected chi connectivity index (χ4v) is 2.61. The maximum absolute atomic E-state index is 11.4. The Labute approximate surface area is 110 Å². The molecule has 0 aromatic carbocycles. The van der Waals surface area contributed by atoms with Crippen molar-refractivity contribution in [1.82, 2.24) is 5.32 Å². The maximum atomic E-state index is 11.4. The molecule has 3 atom stereocenters. The molecule has 3 unspecified atom stereocenters. The molecule has 1 fully saturated rings. The lowest BCUT2D eigenvalue weighted by Gasteiger charge is -2.34. The zero-order valence-electron chi connectivity index (χ0n) is 12.0. The van der Waals surface area contributed by atoms with Gasteiger partial charge in [0.05, 0.1) is 12.7 Å². The Balaban J connectivity index is 2.53. The van der Waals surface area contributed by atoms with Gasteiger partial charge in [-0.1, -0.05) is 19.8 Å². The van der Waals surface area contributed by atoms with Crippen molar-refractivity contribution in [2.24, 2.45) is 5.92 Å². The van der Waals surface area contributed by atoms with E-state index >= 15 is 0 Å². The Morgan fingerprint density at radius 2 is 2.06 bits per heavy atom. The number of hydrogen-bond donors (Lipinski definition) is 2. The number of hydrogen-bond acceptors (Lipinski definition) is 3. The standard InChI is InChI=1S/C14H27NO3/c1-10(2)15-14(4,13(16)17)9-18-12-8-6-5-7-11(12)3/h10-12,15H,5-9H2,1-4H3,(H,16,17). The van der Waals surface area contributed by atoms with Crippen LogP contribution in [0.2, 0.25) is 0 Å². The van der Waals surface area contributed by atoms with Gasteiger partial charge in [-0.15, -0.1) is 0 Å². The van der Waals surface area contributed by atoms with E-state index in [4.69, 9.17) is 4.74 Å². The summed E-state index contributed by atoms with van der Waals surface area (Å²) in [6, 6.07) is 0.124. The minimum Gasteiger partial charge on any atom is -0.480 e. The Hall–Kier alpha value is -0.610. The summed E-state index contributed by atoms with van der Waals surface area (Å²) in [5, 5.41) is 12.4. The van der Waals surface area contributed by atoms with Crippen molar-refractivity contribution in [2.45, 2.75) is 71.1 Å². The van der Waals surface area contributed by atoms with Gasteiger partial charge in [0.1, 0.15) is 5.54 Å². The smallest absolute Gasteiger partial charge is 0.326 e. The van der Waals surface area contributed by atoms with Crippen LogP contribution >= 0.6 is 0 Å². The molecule has 1 rings (SSSR count). The van der Waals surface area contributed by atoms with E-state index in [0.717, 1.165) is 6.42 Å². The highest BCUT2D eigenvalue weighted by Crippen LogP contribution is 2.27. The third-order valence-electron chi connectivity index (χ3n) is 3.70. The summed E-state index contributed by atoms with van der Waals surface area (Å²) in [6.45, 7) is 8.02. The first kappa shape index (κ1) is 15.4. The molecule has 0 aromatic rings. The van der Waals surface area contributed by atoms with Crippen LogP contribution < -0.4 is 5.32 Å². The number of nitrogens with one attached hydrogen (secondary N) is 1. The second-order valence-electron chi connectivity index (χ2n) is 6.05. The van der Waals surface area contributed by atoms with Crippen molar-refractivity contribution in [3.05, 3.63) is 0 Å². The van der Waals surface area contributed by atoms with Gasteiger partial charge in [-0.25, -0.2) is 0 Å². The van der Waals surface area contributed by atoms with Crippen LogP contribution in [-0.2, 0) is 9.53 Å². The van der Waals surface area contributed by atoms with E-state index in [1.54, 1.807) is 6.92 Å². The third kappa shape index (κ3) is 4.25. The number of carboxylic acids is 1. The zero-order chi connectivity index (χ0) is 13.8. The van der Waals surface area contributed by atoms with Crippen molar-refractivity contribution in [3.8, 4) is 0 Å². The SMILES string of the molecule is CC(C)NC(C)(COC1CCCCC1C)C(=O)O.